The van der Waals surface area contributed by atoms with Gasteiger partial charge < -0.3 is 10.2 Å². The Balaban J connectivity index is 2.95. The van der Waals surface area contributed by atoms with Crippen molar-refractivity contribution in [3.63, 3.8) is 0 Å². The molecule has 3 nitrogen and oxygen atoms in total. The lowest BCUT2D eigenvalue weighted by Gasteiger charge is -2.16. The molecule has 1 aromatic rings. The van der Waals surface area contributed by atoms with Crippen LogP contribution in [-0.4, -0.2) is 22.1 Å². The normalized spacial score (nSPS) is 14.0. The summed E-state index contributed by atoms with van der Waals surface area (Å²) in [6, 6.07) is 2.71. The maximum absolute atomic E-state index is 12.8. The average Bonchev–Trinajstić information content (AvgIpc) is 2.50. The van der Waals surface area contributed by atoms with Crippen LogP contribution in [0.3, 0.4) is 0 Å². The minimum Gasteiger partial charge on any atom is -0.477 e. The fourth-order valence-corrected chi connectivity index (χ4v) is 2.22. The van der Waals surface area contributed by atoms with Gasteiger partial charge in [-0.3, -0.25) is 0 Å². The molecule has 0 fully saturated rings. The number of aliphatic hydroxyl groups excluding tert-OH is 1. The molecule has 0 aromatic carbocycles. The van der Waals surface area contributed by atoms with Gasteiger partial charge >= 0.3 is 11.9 Å². The van der Waals surface area contributed by atoms with E-state index in [-0.39, 0.29) is 4.88 Å². The van der Waals surface area contributed by atoms with Crippen LogP contribution in [0.15, 0.2) is 15.9 Å². The van der Waals surface area contributed by atoms with Crippen molar-refractivity contribution in [2.24, 2.45) is 0 Å². The molecule has 0 saturated heterocycles. The maximum atomic E-state index is 12.8. The fraction of sp³-hybridized carbons (Fsp3) is 0.286. The summed E-state index contributed by atoms with van der Waals surface area (Å²) in [5.41, 5.74) is 0. The molecule has 2 N–H and O–H groups in total. The third kappa shape index (κ3) is 2.10. The summed E-state index contributed by atoms with van der Waals surface area (Å²) >= 11 is 3.88. The first kappa shape index (κ1) is 11.5. The predicted octanol–water partition coefficient (Wildman–Crippen LogP) is 2.26. The lowest BCUT2D eigenvalue weighted by Crippen LogP contribution is -2.35. The van der Waals surface area contributed by atoms with E-state index in [4.69, 9.17) is 10.2 Å². The first-order chi connectivity index (χ1) is 6.35. The van der Waals surface area contributed by atoms with E-state index in [2.05, 4.69) is 15.9 Å². The van der Waals surface area contributed by atoms with E-state index in [9.17, 15) is 13.6 Å². The summed E-state index contributed by atoms with van der Waals surface area (Å²) in [7, 11) is 0. The highest BCUT2D eigenvalue weighted by molar-refractivity contribution is 9.11. The largest absolute Gasteiger partial charge is 0.477 e. The summed E-state index contributed by atoms with van der Waals surface area (Å²) < 4.78 is 26.1. The molecule has 1 atom stereocenters. The first-order valence-corrected chi connectivity index (χ1v) is 5.01. The Bertz CT molecular complexity index is 352. The summed E-state index contributed by atoms with van der Waals surface area (Å²) in [6.45, 7) is 0. The van der Waals surface area contributed by atoms with Crippen LogP contribution in [0.25, 0.3) is 0 Å². The molecule has 1 unspecified atom stereocenters. The number of thiophene rings is 1. The molecule has 1 rings (SSSR count). The zero-order chi connectivity index (χ0) is 10.9. The van der Waals surface area contributed by atoms with Gasteiger partial charge in [0.25, 0.3) is 0 Å². The lowest BCUT2D eigenvalue weighted by atomic mass is 10.1. The van der Waals surface area contributed by atoms with Crippen molar-refractivity contribution in [3.8, 4) is 0 Å². The van der Waals surface area contributed by atoms with E-state index in [1.165, 1.54) is 12.1 Å². The van der Waals surface area contributed by atoms with Crippen LogP contribution in [0.4, 0.5) is 8.78 Å². The highest BCUT2D eigenvalue weighted by Gasteiger charge is 2.48. The standard InChI is InChI=1S/C7H5BrF2O3S/c8-4-2-1-3(14-4)5(11)7(9,10)6(12)13/h1-2,5,11H,(H,12,13). The first-order valence-electron chi connectivity index (χ1n) is 3.40. The average molecular weight is 287 g/mol. The molecule has 0 spiro atoms. The van der Waals surface area contributed by atoms with Gasteiger partial charge in [0, 0.05) is 4.88 Å². The Morgan fingerprint density at radius 1 is 1.57 bits per heavy atom. The van der Waals surface area contributed by atoms with Gasteiger partial charge in [0.15, 0.2) is 6.10 Å². The number of aliphatic hydroxyl groups is 1. The molecule has 78 valence electrons. The number of aliphatic carboxylic acids is 1. The van der Waals surface area contributed by atoms with Crippen LogP contribution in [0.5, 0.6) is 0 Å². The van der Waals surface area contributed by atoms with Crippen molar-refractivity contribution >= 4 is 33.2 Å². The van der Waals surface area contributed by atoms with Crippen LogP contribution in [0.1, 0.15) is 11.0 Å². The highest BCUT2D eigenvalue weighted by atomic mass is 79.9. The summed E-state index contributed by atoms with van der Waals surface area (Å²) in [5, 5.41) is 17.3. The topological polar surface area (TPSA) is 57.5 Å². The van der Waals surface area contributed by atoms with Gasteiger partial charge in [-0.05, 0) is 28.1 Å². The number of halogens is 3. The zero-order valence-electron chi connectivity index (χ0n) is 6.58. The second kappa shape index (κ2) is 3.92. The van der Waals surface area contributed by atoms with E-state index in [0.29, 0.717) is 3.79 Å². The molecule has 1 aromatic heterocycles. The van der Waals surface area contributed by atoms with Crippen LogP contribution in [0, 0.1) is 0 Å². The fourth-order valence-electron chi connectivity index (χ4n) is 0.771. The second-order valence-corrected chi connectivity index (χ2v) is 4.97. The van der Waals surface area contributed by atoms with Crippen molar-refractivity contribution in [1.82, 2.24) is 0 Å². The number of carbonyl (C=O) groups is 1. The molecular weight excluding hydrogens is 282 g/mol. The molecule has 0 saturated carbocycles. The van der Waals surface area contributed by atoms with Crippen molar-refractivity contribution in [1.29, 1.82) is 0 Å². The molecule has 0 amide bonds. The Kier molecular flexibility index (Phi) is 3.23. The van der Waals surface area contributed by atoms with Gasteiger partial charge in [0.05, 0.1) is 3.79 Å². The molecule has 14 heavy (non-hydrogen) atoms. The van der Waals surface area contributed by atoms with Gasteiger partial charge in [-0.25, -0.2) is 4.79 Å². The molecular formula is C7H5BrF2O3S. The summed E-state index contributed by atoms with van der Waals surface area (Å²) in [6.07, 6.45) is -2.31. The molecule has 7 heteroatoms. The molecule has 0 aliphatic heterocycles. The third-order valence-corrected chi connectivity index (χ3v) is 3.17. The Labute approximate surface area is 90.1 Å². The van der Waals surface area contributed by atoms with Crippen molar-refractivity contribution in [2.45, 2.75) is 12.0 Å². The van der Waals surface area contributed by atoms with Crippen LogP contribution in [0.2, 0.25) is 0 Å². The predicted molar refractivity (Wildman–Crippen MR) is 49.6 cm³/mol. The number of rotatable bonds is 3. The van der Waals surface area contributed by atoms with E-state index in [0.717, 1.165) is 11.3 Å². The van der Waals surface area contributed by atoms with Crippen LogP contribution in [-0.2, 0) is 4.79 Å². The molecule has 0 radical (unpaired) electrons. The van der Waals surface area contributed by atoms with Crippen molar-refractivity contribution in [2.75, 3.05) is 0 Å². The Hall–Kier alpha value is -0.530. The van der Waals surface area contributed by atoms with E-state index >= 15 is 0 Å². The number of alkyl halides is 2. The Morgan fingerprint density at radius 2 is 2.14 bits per heavy atom. The molecule has 0 aliphatic carbocycles. The monoisotopic (exact) mass is 286 g/mol. The quantitative estimate of drug-likeness (QED) is 0.896. The lowest BCUT2D eigenvalue weighted by molar-refractivity contribution is -0.182. The number of hydrogen-bond donors (Lipinski definition) is 2. The minimum atomic E-state index is -4.16. The number of carboxylic acid groups (broad SMARTS) is 1. The third-order valence-electron chi connectivity index (χ3n) is 1.49. The summed E-state index contributed by atoms with van der Waals surface area (Å²) in [5.74, 6) is -6.50. The minimum absolute atomic E-state index is 0.0933. The molecule has 1 heterocycles. The van der Waals surface area contributed by atoms with Crippen LogP contribution >= 0.6 is 27.3 Å². The Morgan fingerprint density at radius 3 is 2.50 bits per heavy atom. The van der Waals surface area contributed by atoms with Gasteiger partial charge in [0.1, 0.15) is 0 Å². The number of hydrogen-bond acceptors (Lipinski definition) is 3. The van der Waals surface area contributed by atoms with Crippen molar-refractivity contribution < 1.29 is 23.8 Å². The van der Waals surface area contributed by atoms with E-state index in [1.807, 2.05) is 0 Å². The zero-order valence-corrected chi connectivity index (χ0v) is 8.98. The van der Waals surface area contributed by atoms with Crippen LogP contribution < -0.4 is 0 Å². The van der Waals surface area contributed by atoms with Crippen molar-refractivity contribution in [3.05, 3.63) is 20.8 Å². The second-order valence-electron chi connectivity index (χ2n) is 2.47. The maximum Gasteiger partial charge on any atom is 0.377 e. The van der Waals surface area contributed by atoms with Gasteiger partial charge in [0.2, 0.25) is 0 Å². The SMILES string of the molecule is O=C(O)C(F)(F)C(O)c1ccc(Br)s1. The van der Waals surface area contributed by atoms with E-state index in [1.54, 1.807) is 0 Å². The van der Waals surface area contributed by atoms with E-state index < -0.39 is 18.0 Å². The highest BCUT2D eigenvalue weighted by Crippen LogP contribution is 2.36. The van der Waals surface area contributed by atoms with Gasteiger partial charge in [-0.15, -0.1) is 11.3 Å². The smallest absolute Gasteiger partial charge is 0.377 e. The van der Waals surface area contributed by atoms with Gasteiger partial charge in [-0.2, -0.15) is 8.78 Å². The van der Waals surface area contributed by atoms with Gasteiger partial charge in [-0.1, -0.05) is 0 Å². The number of carboxylic acids is 1. The molecule has 0 aliphatic rings. The summed E-state index contributed by atoms with van der Waals surface area (Å²) in [4.78, 5) is 10.0. The molecule has 0 bridgehead atoms.